The molecule has 0 aromatic carbocycles. The van der Waals surface area contributed by atoms with Crippen molar-refractivity contribution in [3.8, 4) is 0 Å². The van der Waals surface area contributed by atoms with Crippen molar-refractivity contribution in [1.82, 2.24) is 9.97 Å². The summed E-state index contributed by atoms with van der Waals surface area (Å²) in [5, 5.41) is 0.937. The van der Waals surface area contributed by atoms with Crippen LogP contribution in [-0.2, 0) is 0 Å². The van der Waals surface area contributed by atoms with E-state index in [2.05, 4.69) is 32.8 Å². The fourth-order valence-electron chi connectivity index (χ4n) is 1.44. The van der Waals surface area contributed by atoms with E-state index >= 15 is 0 Å². The van der Waals surface area contributed by atoms with E-state index in [-0.39, 0.29) is 6.04 Å². The summed E-state index contributed by atoms with van der Waals surface area (Å²) >= 11 is 5.06. The largest absolute Gasteiger partial charge is 0.323 e. The number of pyridine rings is 2. The lowest BCUT2D eigenvalue weighted by Crippen LogP contribution is -2.10. The predicted octanol–water partition coefficient (Wildman–Crippen LogP) is 3.80. The van der Waals surface area contributed by atoms with Crippen LogP contribution >= 0.6 is 27.7 Å². The van der Waals surface area contributed by atoms with Crippen LogP contribution < -0.4 is 5.73 Å². The maximum Gasteiger partial charge on any atom is 0.115 e. The molecule has 0 amide bonds. The molecule has 0 aliphatic heterocycles. The molecule has 94 valence electrons. The molecule has 0 aliphatic carbocycles. The molecule has 0 bridgehead atoms. The van der Waals surface area contributed by atoms with Crippen molar-refractivity contribution in [3.63, 3.8) is 0 Å². The van der Waals surface area contributed by atoms with E-state index in [1.807, 2.05) is 30.5 Å². The molecule has 0 saturated carbocycles. The van der Waals surface area contributed by atoms with Gasteiger partial charge in [0.15, 0.2) is 0 Å². The zero-order valence-corrected chi connectivity index (χ0v) is 12.4. The molecule has 2 aromatic heterocycles. The highest BCUT2D eigenvalue weighted by Crippen LogP contribution is 2.31. The van der Waals surface area contributed by atoms with E-state index in [9.17, 15) is 0 Å². The molecule has 1 atom stereocenters. The Kier molecular flexibility index (Phi) is 4.74. The molecule has 2 rings (SSSR count). The minimum atomic E-state index is 0.0191. The number of hydrogen-bond acceptors (Lipinski definition) is 4. The number of rotatable bonds is 4. The first kappa shape index (κ1) is 13.5. The van der Waals surface area contributed by atoms with Crippen molar-refractivity contribution < 1.29 is 0 Å². The summed E-state index contributed by atoms with van der Waals surface area (Å²) in [4.78, 5) is 9.75. The maximum atomic E-state index is 5.93. The maximum absolute atomic E-state index is 5.93. The van der Waals surface area contributed by atoms with E-state index in [1.165, 1.54) is 0 Å². The normalized spacial score (nSPS) is 12.4. The fourth-order valence-corrected chi connectivity index (χ4v) is 2.68. The number of nitrogens with two attached hydrogens (primary N) is 1. The first-order valence-corrected chi connectivity index (χ1v) is 7.31. The predicted molar refractivity (Wildman–Crippen MR) is 77.5 cm³/mol. The molecule has 0 fully saturated rings. The molecule has 5 heteroatoms. The molecule has 0 aliphatic rings. The third kappa shape index (κ3) is 3.31. The molecule has 0 saturated heterocycles. The van der Waals surface area contributed by atoms with Crippen molar-refractivity contribution in [1.29, 1.82) is 0 Å². The van der Waals surface area contributed by atoms with Gasteiger partial charge >= 0.3 is 0 Å². The molecule has 18 heavy (non-hydrogen) atoms. The number of aromatic nitrogens is 2. The topological polar surface area (TPSA) is 51.8 Å². The summed E-state index contributed by atoms with van der Waals surface area (Å²) in [5.74, 6) is 0. The van der Waals surface area contributed by atoms with Crippen LogP contribution in [0, 0.1) is 0 Å². The van der Waals surface area contributed by atoms with E-state index in [0.717, 1.165) is 26.5 Å². The van der Waals surface area contributed by atoms with Crippen LogP contribution in [0.3, 0.4) is 0 Å². The van der Waals surface area contributed by atoms with Gasteiger partial charge in [-0.15, -0.1) is 0 Å². The van der Waals surface area contributed by atoms with Crippen LogP contribution in [0.4, 0.5) is 0 Å². The second-order valence-electron chi connectivity index (χ2n) is 3.83. The molecule has 2 aromatic rings. The highest BCUT2D eigenvalue weighted by atomic mass is 79.9. The third-order valence-electron chi connectivity index (χ3n) is 2.52. The Morgan fingerprint density at radius 2 is 2.17 bits per heavy atom. The van der Waals surface area contributed by atoms with E-state index < -0.39 is 0 Å². The lowest BCUT2D eigenvalue weighted by Gasteiger charge is -2.08. The fraction of sp³-hybridized carbons (Fsp3) is 0.231. The standard InChI is InChI=1S/C13H14BrN3S/c1-2-11(15)12-6-5-9(8-17-12)18-13-10(14)4-3-7-16-13/h3-8,11H,2,15H2,1H3/t11-/m1/s1. The zero-order chi connectivity index (χ0) is 13.0. The molecular formula is C13H14BrN3S. The van der Waals surface area contributed by atoms with Crippen LogP contribution in [0.15, 0.2) is 51.1 Å². The van der Waals surface area contributed by atoms with Crippen molar-refractivity contribution in [2.75, 3.05) is 0 Å². The average molecular weight is 324 g/mol. The summed E-state index contributed by atoms with van der Waals surface area (Å²) in [6.45, 7) is 2.06. The monoisotopic (exact) mass is 323 g/mol. The molecule has 2 heterocycles. The van der Waals surface area contributed by atoms with Gasteiger partial charge in [-0.3, -0.25) is 4.98 Å². The van der Waals surface area contributed by atoms with E-state index in [4.69, 9.17) is 5.73 Å². The highest BCUT2D eigenvalue weighted by Gasteiger charge is 2.06. The number of nitrogens with zero attached hydrogens (tertiary/aromatic N) is 2. The van der Waals surface area contributed by atoms with Crippen molar-refractivity contribution in [2.24, 2.45) is 5.73 Å². The average Bonchev–Trinajstić information content (AvgIpc) is 2.41. The first-order chi connectivity index (χ1) is 8.70. The Morgan fingerprint density at radius 3 is 2.78 bits per heavy atom. The molecule has 3 nitrogen and oxygen atoms in total. The number of hydrogen-bond donors (Lipinski definition) is 1. The summed E-state index contributed by atoms with van der Waals surface area (Å²) in [6, 6.07) is 7.90. The summed E-state index contributed by atoms with van der Waals surface area (Å²) in [5.41, 5.74) is 6.86. The van der Waals surface area contributed by atoms with Gasteiger partial charge in [-0.25, -0.2) is 4.98 Å². The van der Waals surface area contributed by atoms with Crippen LogP contribution in [-0.4, -0.2) is 9.97 Å². The smallest absolute Gasteiger partial charge is 0.115 e. The Bertz CT molecular complexity index is 516. The summed E-state index contributed by atoms with van der Waals surface area (Å²) in [7, 11) is 0. The van der Waals surface area contributed by atoms with Gasteiger partial charge in [0.2, 0.25) is 0 Å². The van der Waals surface area contributed by atoms with Gasteiger partial charge in [-0.2, -0.15) is 0 Å². The third-order valence-corrected chi connectivity index (χ3v) is 4.42. The lowest BCUT2D eigenvalue weighted by atomic mass is 10.1. The second-order valence-corrected chi connectivity index (χ2v) is 5.74. The van der Waals surface area contributed by atoms with Crippen LogP contribution in [0.2, 0.25) is 0 Å². The van der Waals surface area contributed by atoms with Crippen molar-refractivity contribution in [3.05, 3.63) is 46.8 Å². The van der Waals surface area contributed by atoms with Crippen LogP contribution in [0.5, 0.6) is 0 Å². The van der Waals surface area contributed by atoms with Gasteiger partial charge in [0, 0.05) is 23.3 Å². The van der Waals surface area contributed by atoms with Crippen molar-refractivity contribution >= 4 is 27.7 Å². The molecular weight excluding hydrogens is 310 g/mol. The highest BCUT2D eigenvalue weighted by molar-refractivity contribution is 9.10. The Hall–Kier alpha value is -0.910. The first-order valence-electron chi connectivity index (χ1n) is 5.70. The Morgan fingerprint density at radius 1 is 1.33 bits per heavy atom. The van der Waals surface area contributed by atoms with E-state index in [0.29, 0.717) is 0 Å². The van der Waals surface area contributed by atoms with Crippen LogP contribution in [0.1, 0.15) is 25.1 Å². The minimum absolute atomic E-state index is 0.0191. The van der Waals surface area contributed by atoms with E-state index in [1.54, 1.807) is 18.0 Å². The molecule has 0 radical (unpaired) electrons. The van der Waals surface area contributed by atoms with Gasteiger partial charge in [0.05, 0.1) is 10.2 Å². The second kappa shape index (κ2) is 6.31. The zero-order valence-electron chi connectivity index (χ0n) is 10.0. The van der Waals surface area contributed by atoms with Crippen molar-refractivity contribution in [2.45, 2.75) is 29.3 Å². The Labute approximate surface area is 119 Å². The van der Waals surface area contributed by atoms with Gasteiger partial charge in [-0.1, -0.05) is 18.7 Å². The SMILES string of the molecule is CC[C@@H](N)c1ccc(Sc2ncccc2Br)cn1. The molecule has 0 spiro atoms. The minimum Gasteiger partial charge on any atom is -0.323 e. The van der Waals surface area contributed by atoms with Gasteiger partial charge < -0.3 is 5.73 Å². The van der Waals surface area contributed by atoms with Gasteiger partial charge in [-0.05, 0) is 46.6 Å². The summed E-state index contributed by atoms with van der Waals surface area (Å²) in [6.07, 6.45) is 4.52. The summed E-state index contributed by atoms with van der Waals surface area (Å²) < 4.78 is 0.990. The lowest BCUT2D eigenvalue weighted by molar-refractivity contribution is 0.674. The molecule has 2 N–H and O–H groups in total. The van der Waals surface area contributed by atoms with Gasteiger partial charge in [0.25, 0.3) is 0 Å². The Balaban J connectivity index is 2.14. The van der Waals surface area contributed by atoms with Gasteiger partial charge in [0.1, 0.15) is 5.03 Å². The van der Waals surface area contributed by atoms with Crippen LogP contribution in [0.25, 0.3) is 0 Å². The number of halogens is 1. The quantitative estimate of drug-likeness (QED) is 0.929. The molecule has 0 unspecified atom stereocenters.